The van der Waals surface area contributed by atoms with Gasteiger partial charge in [0, 0.05) is 6.54 Å². The van der Waals surface area contributed by atoms with Gasteiger partial charge >= 0.3 is 0 Å². The summed E-state index contributed by atoms with van der Waals surface area (Å²) in [6, 6.07) is 10.9. The minimum absolute atomic E-state index is 0. The summed E-state index contributed by atoms with van der Waals surface area (Å²) in [7, 11) is -1.89. The Morgan fingerprint density at radius 1 is 1.13 bits per heavy atom. The third-order valence-corrected chi connectivity index (χ3v) is 5.66. The maximum Gasteiger partial charge on any atom is 0.215 e. The van der Waals surface area contributed by atoms with Gasteiger partial charge in [0.2, 0.25) is 10.0 Å². The van der Waals surface area contributed by atoms with Gasteiger partial charge < -0.3 is 20.2 Å². The highest BCUT2D eigenvalue weighted by Crippen LogP contribution is 2.21. The van der Waals surface area contributed by atoms with Crippen LogP contribution in [0.4, 0.5) is 0 Å². The Labute approximate surface area is 195 Å². The second-order valence-electron chi connectivity index (χ2n) is 7.01. The molecule has 0 aliphatic carbocycles. The molecule has 0 radical (unpaired) electrons. The molecule has 2 aromatic rings. The van der Waals surface area contributed by atoms with Crippen LogP contribution < -0.4 is 15.4 Å². The van der Waals surface area contributed by atoms with Crippen LogP contribution in [0, 0.1) is 6.92 Å². The van der Waals surface area contributed by atoms with E-state index >= 15 is 0 Å². The lowest BCUT2D eigenvalue weighted by atomic mass is 10.0. The van der Waals surface area contributed by atoms with Crippen molar-refractivity contribution in [3.8, 4) is 0 Å². The maximum atomic E-state index is 11.6. The highest BCUT2D eigenvalue weighted by Gasteiger charge is 2.27. The van der Waals surface area contributed by atoms with Crippen LogP contribution in [-0.4, -0.2) is 39.6 Å². The highest BCUT2D eigenvalue weighted by atomic mass is 127. The van der Waals surface area contributed by atoms with Crippen LogP contribution in [0.15, 0.2) is 45.8 Å². The number of aliphatic hydroxyl groups is 1. The molecule has 0 bridgehead atoms. The summed E-state index contributed by atoms with van der Waals surface area (Å²) in [6.07, 6.45) is 0. The Hall–Kier alpha value is -1.63. The zero-order chi connectivity index (χ0) is 21.5. The van der Waals surface area contributed by atoms with E-state index in [9.17, 15) is 13.5 Å². The van der Waals surface area contributed by atoms with Gasteiger partial charge in [-0.2, -0.15) is 0 Å². The fourth-order valence-corrected chi connectivity index (χ4v) is 3.39. The lowest BCUT2D eigenvalue weighted by Crippen LogP contribution is -2.44. The van der Waals surface area contributed by atoms with Crippen LogP contribution in [0.3, 0.4) is 0 Å². The van der Waals surface area contributed by atoms with Gasteiger partial charge in [-0.1, -0.05) is 24.3 Å². The minimum atomic E-state index is -3.29. The van der Waals surface area contributed by atoms with Crippen molar-refractivity contribution >= 4 is 40.0 Å². The van der Waals surface area contributed by atoms with Gasteiger partial charge in [0.05, 0.1) is 18.8 Å². The third-order valence-electron chi connectivity index (χ3n) is 4.33. The Balaban J connectivity index is 0.00000450. The standard InChI is InChI=1S/C20H30N4O4S.HI/c1-5-22-19(24-14-20(3,25)18-11-6-15(2)28-18)23-12-16-7-9-17(10-8-16)13-29(26,27)21-4;/h6-11,21,25H,5,12-14H2,1-4H3,(H2,22,23,24);1H. The SMILES string of the molecule is CCNC(=NCc1ccc(CS(=O)(=O)NC)cc1)NCC(C)(O)c1ccc(C)o1.I. The molecule has 30 heavy (non-hydrogen) atoms. The van der Waals surface area contributed by atoms with Crippen LogP contribution >= 0.6 is 24.0 Å². The molecule has 2 rings (SSSR count). The number of hydrogen-bond donors (Lipinski definition) is 4. The average Bonchev–Trinajstić information content (AvgIpc) is 3.12. The molecule has 168 valence electrons. The summed E-state index contributed by atoms with van der Waals surface area (Å²) in [5.41, 5.74) is 0.480. The monoisotopic (exact) mass is 550 g/mol. The average molecular weight is 550 g/mol. The van der Waals surface area contributed by atoms with Crippen LogP contribution in [0.2, 0.25) is 0 Å². The first kappa shape index (κ1) is 26.4. The molecule has 0 aliphatic rings. The van der Waals surface area contributed by atoms with Crippen molar-refractivity contribution in [2.24, 2.45) is 4.99 Å². The number of halogens is 1. The normalized spacial score (nSPS) is 14.0. The number of hydrogen-bond acceptors (Lipinski definition) is 5. The molecule has 0 spiro atoms. The maximum absolute atomic E-state index is 11.6. The zero-order valence-electron chi connectivity index (χ0n) is 17.7. The third kappa shape index (κ3) is 8.25. The Morgan fingerprint density at radius 2 is 1.77 bits per heavy atom. The van der Waals surface area contributed by atoms with Crippen molar-refractivity contribution < 1.29 is 17.9 Å². The summed E-state index contributed by atoms with van der Waals surface area (Å²) in [5.74, 6) is 1.74. The molecule has 1 aromatic carbocycles. The topological polar surface area (TPSA) is 116 Å². The van der Waals surface area contributed by atoms with Gasteiger partial charge in [0.1, 0.15) is 17.1 Å². The molecule has 0 saturated heterocycles. The molecule has 1 heterocycles. The van der Waals surface area contributed by atoms with E-state index in [1.165, 1.54) is 7.05 Å². The summed E-state index contributed by atoms with van der Waals surface area (Å²) < 4.78 is 31.1. The first-order valence-electron chi connectivity index (χ1n) is 9.45. The predicted octanol–water partition coefficient (Wildman–Crippen LogP) is 2.22. The van der Waals surface area contributed by atoms with Crippen molar-refractivity contribution in [2.45, 2.75) is 38.7 Å². The number of aryl methyl sites for hydroxylation is 1. The van der Waals surface area contributed by atoms with Crippen LogP contribution in [0.5, 0.6) is 0 Å². The van der Waals surface area contributed by atoms with Gasteiger partial charge in [0.15, 0.2) is 5.96 Å². The zero-order valence-corrected chi connectivity index (χ0v) is 20.9. The fraction of sp³-hybridized carbons (Fsp3) is 0.450. The van der Waals surface area contributed by atoms with Gasteiger partial charge in [-0.05, 0) is 51.1 Å². The van der Waals surface area contributed by atoms with E-state index in [1.54, 1.807) is 25.1 Å². The largest absolute Gasteiger partial charge is 0.463 e. The Bertz CT molecular complexity index is 925. The van der Waals surface area contributed by atoms with Crippen molar-refractivity contribution in [2.75, 3.05) is 20.1 Å². The Morgan fingerprint density at radius 3 is 2.30 bits per heavy atom. The molecular weight excluding hydrogens is 519 g/mol. The molecule has 0 saturated carbocycles. The molecule has 1 atom stereocenters. The molecule has 10 heteroatoms. The van der Waals surface area contributed by atoms with Gasteiger partial charge in [0.25, 0.3) is 0 Å². The molecular formula is C20H31IN4O4S. The smallest absolute Gasteiger partial charge is 0.215 e. The number of benzene rings is 1. The molecule has 8 nitrogen and oxygen atoms in total. The number of guanidine groups is 1. The number of sulfonamides is 1. The highest BCUT2D eigenvalue weighted by molar-refractivity contribution is 14.0. The van der Waals surface area contributed by atoms with Crippen molar-refractivity contribution in [3.63, 3.8) is 0 Å². The number of nitrogens with one attached hydrogen (secondary N) is 3. The van der Waals surface area contributed by atoms with Gasteiger partial charge in [-0.25, -0.2) is 18.1 Å². The van der Waals surface area contributed by atoms with E-state index in [4.69, 9.17) is 4.42 Å². The van der Waals surface area contributed by atoms with E-state index in [1.807, 2.05) is 32.0 Å². The predicted molar refractivity (Wildman–Crippen MR) is 129 cm³/mol. The number of nitrogens with zero attached hydrogens (tertiary/aromatic N) is 1. The summed E-state index contributed by atoms with van der Waals surface area (Å²) in [4.78, 5) is 4.53. The Kier molecular flexibility index (Phi) is 10.3. The second kappa shape index (κ2) is 11.7. The number of rotatable bonds is 9. The van der Waals surface area contributed by atoms with Gasteiger partial charge in [-0.3, -0.25) is 0 Å². The van der Waals surface area contributed by atoms with Crippen LogP contribution in [-0.2, 0) is 27.9 Å². The molecule has 1 unspecified atom stereocenters. The fourth-order valence-electron chi connectivity index (χ4n) is 2.61. The van der Waals surface area contributed by atoms with Crippen molar-refractivity contribution in [1.82, 2.24) is 15.4 Å². The second-order valence-corrected chi connectivity index (χ2v) is 8.94. The molecule has 0 aliphatic heterocycles. The van der Waals surface area contributed by atoms with Crippen molar-refractivity contribution in [1.29, 1.82) is 0 Å². The van der Waals surface area contributed by atoms with E-state index in [-0.39, 0.29) is 36.3 Å². The summed E-state index contributed by atoms with van der Waals surface area (Å²) >= 11 is 0. The first-order chi connectivity index (χ1) is 13.6. The van der Waals surface area contributed by atoms with E-state index in [0.717, 1.165) is 11.3 Å². The molecule has 0 amide bonds. The molecule has 1 aromatic heterocycles. The number of furan rings is 1. The summed E-state index contributed by atoms with van der Waals surface area (Å²) in [5, 5.41) is 16.9. The van der Waals surface area contributed by atoms with Crippen molar-refractivity contribution in [3.05, 3.63) is 59.0 Å². The van der Waals surface area contributed by atoms with E-state index < -0.39 is 15.6 Å². The number of aliphatic imine (C=N–C) groups is 1. The quantitative estimate of drug-likeness (QED) is 0.216. The first-order valence-corrected chi connectivity index (χ1v) is 11.1. The van der Waals surface area contributed by atoms with E-state index in [0.29, 0.717) is 30.4 Å². The summed E-state index contributed by atoms with van der Waals surface area (Å²) in [6.45, 7) is 6.79. The lowest BCUT2D eigenvalue weighted by molar-refractivity contribution is 0.0378. The lowest BCUT2D eigenvalue weighted by Gasteiger charge is -2.22. The minimum Gasteiger partial charge on any atom is -0.463 e. The van der Waals surface area contributed by atoms with Gasteiger partial charge in [-0.15, -0.1) is 24.0 Å². The van der Waals surface area contributed by atoms with Crippen LogP contribution in [0.25, 0.3) is 0 Å². The van der Waals surface area contributed by atoms with E-state index in [2.05, 4.69) is 20.3 Å². The molecule has 0 fully saturated rings. The van der Waals surface area contributed by atoms with Crippen LogP contribution in [0.1, 0.15) is 36.5 Å². The molecule has 4 N–H and O–H groups in total.